The zero-order valence-electron chi connectivity index (χ0n) is 11.0. The zero-order chi connectivity index (χ0) is 13.9. The van der Waals surface area contributed by atoms with Crippen LogP contribution in [0.15, 0.2) is 28.8 Å². The highest BCUT2D eigenvalue weighted by Gasteiger charge is 2.14. The minimum Gasteiger partial charge on any atom is -0.379 e. The van der Waals surface area contributed by atoms with E-state index in [4.69, 9.17) is 15.0 Å². The van der Waals surface area contributed by atoms with Crippen molar-refractivity contribution in [2.75, 3.05) is 32.0 Å². The third kappa shape index (κ3) is 2.81. The van der Waals surface area contributed by atoms with Gasteiger partial charge in [-0.15, -0.1) is 0 Å². The number of ether oxygens (including phenoxy) is 1. The van der Waals surface area contributed by atoms with Gasteiger partial charge in [-0.3, -0.25) is 4.90 Å². The van der Waals surface area contributed by atoms with E-state index in [2.05, 4.69) is 10.1 Å². The van der Waals surface area contributed by atoms with Gasteiger partial charge in [-0.05, 0) is 6.07 Å². The Bertz CT molecular complexity index is 594. The monoisotopic (exact) mass is 277 g/mol. The predicted octanol–water partition coefficient (Wildman–Crippen LogP) is 1.90. The van der Waals surface area contributed by atoms with E-state index in [1.807, 2.05) is 6.07 Å². The van der Waals surface area contributed by atoms with Gasteiger partial charge in [0, 0.05) is 36.8 Å². The van der Waals surface area contributed by atoms with Crippen molar-refractivity contribution in [3.63, 3.8) is 0 Å². The van der Waals surface area contributed by atoms with Gasteiger partial charge < -0.3 is 15.0 Å². The van der Waals surface area contributed by atoms with Gasteiger partial charge >= 0.3 is 0 Å². The van der Waals surface area contributed by atoms with Crippen LogP contribution in [0.1, 0.15) is 5.56 Å². The second-order valence-electron chi connectivity index (χ2n) is 4.81. The van der Waals surface area contributed by atoms with E-state index in [0.29, 0.717) is 36.6 Å². The van der Waals surface area contributed by atoms with E-state index in [0.717, 1.165) is 13.1 Å². The molecule has 106 valence electrons. The number of nitrogens with zero attached hydrogens (tertiary/aromatic N) is 2. The van der Waals surface area contributed by atoms with E-state index in [1.165, 1.54) is 6.07 Å². The number of morpholine rings is 1. The van der Waals surface area contributed by atoms with Crippen LogP contribution in [0.2, 0.25) is 0 Å². The van der Waals surface area contributed by atoms with Crippen LogP contribution in [0.4, 0.5) is 10.3 Å². The topological polar surface area (TPSA) is 64.5 Å². The third-order valence-corrected chi connectivity index (χ3v) is 3.37. The lowest BCUT2D eigenvalue weighted by molar-refractivity contribution is 0.0337. The number of hydrogen-bond donors (Lipinski definition) is 1. The van der Waals surface area contributed by atoms with Crippen LogP contribution < -0.4 is 5.73 Å². The fourth-order valence-electron chi connectivity index (χ4n) is 2.26. The molecule has 6 heteroatoms. The molecule has 3 rings (SSSR count). The first kappa shape index (κ1) is 13.1. The summed E-state index contributed by atoms with van der Waals surface area (Å²) >= 11 is 0. The zero-order valence-corrected chi connectivity index (χ0v) is 11.0. The highest BCUT2D eigenvalue weighted by atomic mass is 19.1. The van der Waals surface area contributed by atoms with Crippen LogP contribution in [0.25, 0.3) is 11.3 Å². The molecule has 0 aliphatic carbocycles. The SMILES string of the molecule is Nc1cc(-c2ccc(CN3CCOCC3)c(F)c2)no1. The summed E-state index contributed by atoms with van der Waals surface area (Å²) in [5.41, 5.74) is 7.34. The molecule has 0 radical (unpaired) electrons. The second kappa shape index (κ2) is 5.60. The molecule has 1 aromatic heterocycles. The van der Waals surface area contributed by atoms with Crippen LogP contribution in [-0.2, 0) is 11.3 Å². The number of aromatic nitrogens is 1. The Balaban J connectivity index is 1.76. The minimum atomic E-state index is -0.240. The van der Waals surface area contributed by atoms with Crippen LogP contribution in [0.5, 0.6) is 0 Å². The van der Waals surface area contributed by atoms with Crippen molar-refractivity contribution >= 4 is 5.88 Å². The molecule has 2 N–H and O–H groups in total. The van der Waals surface area contributed by atoms with E-state index in [-0.39, 0.29) is 11.7 Å². The minimum absolute atomic E-state index is 0.220. The van der Waals surface area contributed by atoms with E-state index >= 15 is 0 Å². The lowest BCUT2D eigenvalue weighted by atomic mass is 10.1. The Morgan fingerprint density at radius 1 is 1.25 bits per heavy atom. The summed E-state index contributed by atoms with van der Waals surface area (Å²) < 4.78 is 24.2. The summed E-state index contributed by atoms with van der Waals surface area (Å²) in [7, 11) is 0. The average Bonchev–Trinajstić information content (AvgIpc) is 2.89. The van der Waals surface area contributed by atoms with E-state index in [9.17, 15) is 4.39 Å². The highest BCUT2D eigenvalue weighted by Crippen LogP contribution is 2.23. The number of rotatable bonds is 3. The second-order valence-corrected chi connectivity index (χ2v) is 4.81. The van der Waals surface area contributed by atoms with Crippen LogP contribution in [0, 0.1) is 5.82 Å². The summed E-state index contributed by atoms with van der Waals surface area (Å²) in [4.78, 5) is 2.18. The maximum Gasteiger partial charge on any atom is 0.222 e. The number of nitrogen functional groups attached to an aromatic ring is 1. The molecular weight excluding hydrogens is 261 g/mol. The van der Waals surface area contributed by atoms with Gasteiger partial charge in [0.05, 0.1) is 13.2 Å². The largest absolute Gasteiger partial charge is 0.379 e. The van der Waals surface area contributed by atoms with Gasteiger partial charge in [-0.2, -0.15) is 0 Å². The molecule has 0 atom stereocenters. The first-order chi connectivity index (χ1) is 9.72. The maximum atomic E-state index is 14.1. The summed E-state index contributed by atoms with van der Waals surface area (Å²) in [6.45, 7) is 3.67. The van der Waals surface area contributed by atoms with E-state index < -0.39 is 0 Å². The Morgan fingerprint density at radius 2 is 2.05 bits per heavy atom. The Kier molecular flexibility index (Phi) is 3.66. The fraction of sp³-hybridized carbons (Fsp3) is 0.357. The summed E-state index contributed by atoms with van der Waals surface area (Å²) in [6, 6.07) is 6.66. The summed E-state index contributed by atoms with van der Waals surface area (Å²) in [6.07, 6.45) is 0. The van der Waals surface area contributed by atoms with Crippen molar-refractivity contribution in [1.29, 1.82) is 0 Å². The molecule has 2 aromatic rings. The van der Waals surface area contributed by atoms with Gasteiger partial charge in [0.25, 0.3) is 0 Å². The Morgan fingerprint density at radius 3 is 2.70 bits per heavy atom. The van der Waals surface area contributed by atoms with E-state index in [1.54, 1.807) is 12.1 Å². The molecule has 0 bridgehead atoms. The molecule has 1 aliphatic rings. The first-order valence-corrected chi connectivity index (χ1v) is 6.53. The van der Waals surface area contributed by atoms with Gasteiger partial charge in [0.15, 0.2) is 0 Å². The van der Waals surface area contributed by atoms with Crippen molar-refractivity contribution in [1.82, 2.24) is 10.1 Å². The number of hydrogen-bond acceptors (Lipinski definition) is 5. The summed E-state index contributed by atoms with van der Waals surface area (Å²) in [5.74, 6) is -0.0200. The molecule has 20 heavy (non-hydrogen) atoms. The summed E-state index contributed by atoms with van der Waals surface area (Å²) in [5, 5.41) is 3.78. The van der Waals surface area contributed by atoms with Crippen molar-refractivity contribution in [2.45, 2.75) is 6.54 Å². The molecule has 1 fully saturated rings. The van der Waals surface area contributed by atoms with Crippen LogP contribution >= 0.6 is 0 Å². The molecule has 0 saturated carbocycles. The van der Waals surface area contributed by atoms with Crippen molar-refractivity contribution in [2.24, 2.45) is 0 Å². The standard InChI is InChI=1S/C14H16FN3O2/c15-12-7-10(13-8-14(16)20-17-13)1-2-11(12)9-18-3-5-19-6-4-18/h1-2,7-8H,3-6,9,16H2. The molecule has 0 amide bonds. The number of nitrogens with two attached hydrogens (primary N) is 1. The normalized spacial score (nSPS) is 16.4. The van der Waals surface area contributed by atoms with Gasteiger partial charge in [-0.25, -0.2) is 4.39 Å². The molecule has 1 saturated heterocycles. The molecular formula is C14H16FN3O2. The third-order valence-electron chi connectivity index (χ3n) is 3.37. The molecule has 2 heterocycles. The molecule has 1 aliphatic heterocycles. The quantitative estimate of drug-likeness (QED) is 0.928. The lowest BCUT2D eigenvalue weighted by Gasteiger charge is -2.26. The van der Waals surface area contributed by atoms with Crippen LogP contribution in [0.3, 0.4) is 0 Å². The lowest BCUT2D eigenvalue weighted by Crippen LogP contribution is -2.35. The number of halogens is 1. The Labute approximate surface area is 116 Å². The average molecular weight is 277 g/mol. The fourth-order valence-corrected chi connectivity index (χ4v) is 2.26. The Hall–Kier alpha value is -1.92. The molecule has 0 unspecified atom stereocenters. The first-order valence-electron chi connectivity index (χ1n) is 6.53. The maximum absolute atomic E-state index is 14.1. The van der Waals surface area contributed by atoms with Crippen LogP contribution in [-0.4, -0.2) is 36.4 Å². The van der Waals surface area contributed by atoms with Crippen molar-refractivity contribution in [3.05, 3.63) is 35.6 Å². The van der Waals surface area contributed by atoms with Gasteiger partial charge in [0.2, 0.25) is 5.88 Å². The van der Waals surface area contributed by atoms with Crippen molar-refractivity contribution < 1.29 is 13.7 Å². The number of benzene rings is 1. The smallest absolute Gasteiger partial charge is 0.222 e. The van der Waals surface area contributed by atoms with Crippen molar-refractivity contribution in [3.8, 4) is 11.3 Å². The molecule has 5 nitrogen and oxygen atoms in total. The predicted molar refractivity (Wildman–Crippen MR) is 72.4 cm³/mol. The van der Waals surface area contributed by atoms with Gasteiger partial charge in [-0.1, -0.05) is 17.3 Å². The number of anilines is 1. The molecule has 0 spiro atoms. The highest BCUT2D eigenvalue weighted by molar-refractivity contribution is 5.61. The van der Waals surface area contributed by atoms with Gasteiger partial charge in [0.1, 0.15) is 11.5 Å². The molecule has 1 aromatic carbocycles.